The number of nitrogens with one attached hydrogen (secondary N) is 2. The van der Waals surface area contributed by atoms with Crippen molar-refractivity contribution in [1.82, 2.24) is 15.5 Å². The fraction of sp³-hybridized carbons (Fsp3) is 0.737. The molecule has 2 N–H and O–H groups in total. The molecule has 25 heavy (non-hydrogen) atoms. The molecular formula is C19H35IN4O. The summed E-state index contributed by atoms with van der Waals surface area (Å²) in [5, 5.41) is 6.77. The van der Waals surface area contributed by atoms with Crippen molar-refractivity contribution in [3.8, 4) is 0 Å². The molecule has 5 nitrogen and oxygen atoms in total. The number of nitrogens with zero attached hydrogens (tertiary/aromatic N) is 2. The molecule has 1 aliphatic heterocycles. The summed E-state index contributed by atoms with van der Waals surface area (Å²) >= 11 is 0. The number of aryl methyl sites for hydroxylation is 1. The molecule has 0 bridgehead atoms. The van der Waals surface area contributed by atoms with Crippen molar-refractivity contribution >= 4 is 29.9 Å². The standard InChI is InChI=1S/C19H34N4O.HI/c1-5-20-19(22-16(4)18-8-7-15(3)24-18)21-12-9-17-10-13-23(6-2)14-11-17;/h7-8,16-17H,5-6,9-14H2,1-4H3,(H2,20,21,22);1H. The second-order valence-corrected chi connectivity index (χ2v) is 6.74. The number of rotatable bonds is 7. The minimum absolute atomic E-state index is 0. The van der Waals surface area contributed by atoms with Gasteiger partial charge in [-0.25, -0.2) is 0 Å². The highest BCUT2D eigenvalue weighted by Crippen LogP contribution is 2.20. The van der Waals surface area contributed by atoms with E-state index in [-0.39, 0.29) is 30.0 Å². The fourth-order valence-corrected chi connectivity index (χ4v) is 3.23. The van der Waals surface area contributed by atoms with Crippen molar-refractivity contribution in [1.29, 1.82) is 0 Å². The normalized spacial score (nSPS) is 17.8. The largest absolute Gasteiger partial charge is 0.464 e. The Morgan fingerprint density at radius 1 is 1.32 bits per heavy atom. The van der Waals surface area contributed by atoms with Gasteiger partial charge in [-0.15, -0.1) is 24.0 Å². The summed E-state index contributed by atoms with van der Waals surface area (Å²) < 4.78 is 5.69. The molecule has 1 aliphatic rings. The molecule has 0 amide bonds. The van der Waals surface area contributed by atoms with Crippen LogP contribution < -0.4 is 10.6 Å². The topological polar surface area (TPSA) is 52.8 Å². The maximum absolute atomic E-state index is 5.69. The molecule has 2 rings (SSSR count). The van der Waals surface area contributed by atoms with Crippen LogP contribution in [-0.4, -0.2) is 43.6 Å². The maximum atomic E-state index is 5.69. The maximum Gasteiger partial charge on any atom is 0.191 e. The second kappa shape index (κ2) is 11.8. The zero-order valence-electron chi connectivity index (χ0n) is 16.2. The Labute approximate surface area is 170 Å². The Morgan fingerprint density at radius 3 is 2.60 bits per heavy atom. The molecule has 0 spiro atoms. The van der Waals surface area contributed by atoms with Crippen LogP contribution in [-0.2, 0) is 0 Å². The monoisotopic (exact) mass is 462 g/mol. The lowest BCUT2D eigenvalue weighted by molar-refractivity contribution is 0.188. The number of hydrogen-bond donors (Lipinski definition) is 2. The van der Waals surface area contributed by atoms with Crippen LogP contribution in [0.1, 0.15) is 57.6 Å². The van der Waals surface area contributed by atoms with E-state index in [2.05, 4.69) is 36.3 Å². The van der Waals surface area contributed by atoms with Gasteiger partial charge in [0.05, 0.1) is 6.04 Å². The van der Waals surface area contributed by atoms with Crippen LogP contribution in [0.2, 0.25) is 0 Å². The lowest BCUT2D eigenvalue weighted by Gasteiger charge is -2.30. The van der Waals surface area contributed by atoms with Crippen LogP contribution in [0.4, 0.5) is 0 Å². The Morgan fingerprint density at radius 2 is 2.04 bits per heavy atom. The third-order valence-corrected chi connectivity index (χ3v) is 4.85. The van der Waals surface area contributed by atoms with Gasteiger partial charge in [-0.1, -0.05) is 6.92 Å². The number of hydrogen-bond acceptors (Lipinski definition) is 3. The number of guanidine groups is 1. The van der Waals surface area contributed by atoms with E-state index < -0.39 is 0 Å². The lowest BCUT2D eigenvalue weighted by Crippen LogP contribution is -2.39. The predicted octanol–water partition coefficient (Wildman–Crippen LogP) is 3.94. The van der Waals surface area contributed by atoms with Crippen molar-refractivity contribution in [3.63, 3.8) is 0 Å². The molecule has 0 saturated carbocycles. The summed E-state index contributed by atoms with van der Waals surface area (Å²) in [6, 6.07) is 4.14. The number of likely N-dealkylation sites (tertiary alicyclic amines) is 1. The third-order valence-electron chi connectivity index (χ3n) is 4.85. The van der Waals surface area contributed by atoms with E-state index >= 15 is 0 Å². The first-order chi connectivity index (χ1) is 11.6. The van der Waals surface area contributed by atoms with Crippen molar-refractivity contribution in [3.05, 3.63) is 23.7 Å². The van der Waals surface area contributed by atoms with Gasteiger partial charge >= 0.3 is 0 Å². The second-order valence-electron chi connectivity index (χ2n) is 6.74. The highest BCUT2D eigenvalue weighted by atomic mass is 127. The summed E-state index contributed by atoms with van der Waals surface area (Å²) in [5.74, 6) is 3.60. The van der Waals surface area contributed by atoms with Crippen LogP contribution in [0, 0.1) is 12.8 Å². The van der Waals surface area contributed by atoms with E-state index in [0.717, 1.165) is 36.5 Å². The summed E-state index contributed by atoms with van der Waals surface area (Å²) in [7, 11) is 0. The fourth-order valence-electron chi connectivity index (χ4n) is 3.23. The minimum Gasteiger partial charge on any atom is -0.464 e. The van der Waals surface area contributed by atoms with Crippen LogP contribution in [0.3, 0.4) is 0 Å². The van der Waals surface area contributed by atoms with Gasteiger partial charge in [-0.3, -0.25) is 4.99 Å². The van der Waals surface area contributed by atoms with E-state index in [1.165, 1.54) is 38.9 Å². The Balaban J connectivity index is 0.00000312. The quantitative estimate of drug-likeness (QED) is 0.366. The van der Waals surface area contributed by atoms with Crippen LogP contribution in [0.5, 0.6) is 0 Å². The molecular weight excluding hydrogens is 427 g/mol. The molecule has 1 unspecified atom stereocenters. The van der Waals surface area contributed by atoms with Crippen molar-refractivity contribution in [2.24, 2.45) is 10.9 Å². The molecule has 1 fully saturated rings. The Hall–Kier alpha value is -0.760. The first kappa shape index (κ1) is 22.3. The van der Waals surface area contributed by atoms with E-state index in [9.17, 15) is 0 Å². The van der Waals surface area contributed by atoms with Crippen LogP contribution >= 0.6 is 24.0 Å². The molecule has 1 atom stereocenters. The van der Waals surface area contributed by atoms with Gasteiger partial charge in [0.25, 0.3) is 0 Å². The van der Waals surface area contributed by atoms with Gasteiger partial charge in [0.15, 0.2) is 5.96 Å². The van der Waals surface area contributed by atoms with Gasteiger partial charge in [-0.2, -0.15) is 0 Å². The molecule has 1 aromatic rings. The van der Waals surface area contributed by atoms with E-state index in [4.69, 9.17) is 9.41 Å². The molecule has 6 heteroatoms. The molecule has 144 valence electrons. The summed E-state index contributed by atoms with van der Waals surface area (Å²) in [4.78, 5) is 7.30. The van der Waals surface area contributed by atoms with Crippen molar-refractivity contribution < 1.29 is 4.42 Å². The Bertz CT molecular complexity index is 509. The highest BCUT2D eigenvalue weighted by Gasteiger charge is 2.17. The number of halogens is 1. The smallest absolute Gasteiger partial charge is 0.191 e. The van der Waals surface area contributed by atoms with Crippen LogP contribution in [0.25, 0.3) is 0 Å². The van der Waals surface area contributed by atoms with Crippen LogP contribution in [0.15, 0.2) is 21.5 Å². The zero-order valence-corrected chi connectivity index (χ0v) is 18.5. The summed E-state index contributed by atoms with van der Waals surface area (Å²) in [5.41, 5.74) is 0. The van der Waals surface area contributed by atoms with Crippen molar-refractivity contribution in [2.75, 3.05) is 32.7 Å². The van der Waals surface area contributed by atoms with Gasteiger partial charge in [0, 0.05) is 13.1 Å². The molecule has 0 aromatic carbocycles. The van der Waals surface area contributed by atoms with Gasteiger partial charge in [0.1, 0.15) is 11.5 Å². The molecule has 2 heterocycles. The average molecular weight is 462 g/mol. The molecule has 0 radical (unpaired) electrons. The van der Waals surface area contributed by atoms with Crippen molar-refractivity contribution in [2.45, 2.75) is 53.0 Å². The zero-order chi connectivity index (χ0) is 17.4. The molecule has 1 aromatic heterocycles. The summed E-state index contributed by atoms with van der Waals surface area (Å²) in [6.07, 6.45) is 3.81. The van der Waals surface area contributed by atoms with E-state index in [1.54, 1.807) is 0 Å². The average Bonchev–Trinajstić information content (AvgIpc) is 3.02. The van der Waals surface area contributed by atoms with Gasteiger partial charge in [-0.05, 0) is 77.7 Å². The summed E-state index contributed by atoms with van der Waals surface area (Å²) in [6.45, 7) is 13.9. The Kier molecular flexibility index (Phi) is 10.5. The lowest BCUT2D eigenvalue weighted by atomic mass is 9.94. The molecule has 1 saturated heterocycles. The number of piperidine rings is 1. The predicted molar refractivity (Wildman–Crippen MR) is 116 cm³/mol. The van der Waals surface area contributed by atoms with E-state index in [1.807, 2.05) is 19.1 Å². The van der Waals surface area contributed by atoms with Gasteiger partial charge < -0.3 is 20.0 Å². The van der Waals surface area contributed by atoms with E-state index in [0.29, 0.717) is 0 Å². The first-order valence-electron chi connectivity index (χ1n) is 9.45. The minimum atomic E-state index is 0. The third kappa shape index (κ3) is 7.56. The highest BCUT2D eigenvalue weighted by molar-refractivity contribution is 14.0. The SMILES string of the molecule is CCNC(=NCCC1CCN(CC)CC1)NC(C)c1ccc(C)o1.I. The molecule has 0 aliphatic carbocycles. The number of furan rings is 1. The first-order valence-corrected chi connectivity index (χ1v) is 9.45. The number of aliphatic imine (C=N–C) groups is 1. The van der Waals surface area contributed by atoms with Gasteiger partial charge in [0.2, 0.25) is 0 Å².